The highest BCUT2D eigenvalue weighted by atomic mass is 35.5. The van der Waals surface area contributed by atoms with E-state index >= 15 is 0 Å². The molecule has 1 aliphatic rings. The second-order valence-corrected chi connectivity index (χ2v) is 10.6. The fourth-order valence-electron chi connectivity index (χ4n) is 3.56. The molecule has 0 atom stereocenters. The molecule has 0 saturated carbocycles. The Balaban J connectivity index is 1.45. The Kier molecular flexibility index (Phi) is 7.59. The summed E-state index contributed by atoms with van der Waals surface area (Å²) in [5.74, 6) is 0.304. The SMILES string of the molecule is Cc1sc(CNC(=O)CC2CCN(C(=O)OC(C)(C)C)CC2)nc1-c1ccc(Cl)cc1. The Morgan fingerprint density at radius 1 is 1.23 bits per heavy atom. The first-order valence-corrected chi connectivity index (χ1v) is 11.8. The number of carbonyl (C=O) groups excluding carboxylic acids is 2. The summed E-state index contributed by atoms with van der Waals surface area (Å²) in [6, 6.07) is 7.61. The van der Waals surface area contributed by atoms with Gasteiger partial charge in [0, 0.05) is 35.0 Å². The maximum atomic E-state index is 12.4. The Hall–Kier alpha value is -2.12. The summed E-state index contributed by atoms with van der Waals surface area (Å²) >= 11 is 7.56. The van der Waals surface area contributed by atoms with E-state index in [0.29, 0.717) is 31.1 Å². The second kappa shape index (κ2) is 10.0. The van der Waals surface area contributed by atoms with Crippen molar-refractivity contribution in [3.63, 3.8) is 0 Å². The van der Waals surface area contributed by atoms with Gasteiger partial charge in [-0.25, -0.2) is 9.78 Å². The van der Waals surface area contributed by atoms with Gasteiger partial charge in [0.1, 0.15) is 10.6 Å². The van der Waals surface area contributed by atoms with E-state index in [0.717, 1.165) is 34.0 Å². The Morgan fingerprint density at radius 3 is 2.48 bits per heavy atom. The van der Waals surface area contributed by atoms with Gasteiger partial charge in [0.05, 0.1) is 12.2 Å². The maximum absolute atomic E-state index is 12.4. The molecule has 31 heavy (non-hydrogen) atoms. The number of hydrogen-bond acceptors (Lipinski definition) is 5. The van der Waals surface area contributed by atoms with E-state index in [2.05, 4.69) is 10.3 Å². The molecule has 0 radical (unpaired) electrons. The normalized spacial score (nSPS) is 15.1. The van der Waals surface area contributed by atoms with Crippen molar-refractivity contribution in [2.45, 2.75) is 59.1 Å². The van der Waals surface area contributed by atoms with Crippen molar-refractivity contribution in [2.75, 3.05) is 13.1 Å². The first-order valence-electron chi connectivity index (χ1n) is 10.6. The molecule has 1 aliphatic heterocycles. The van der Waals surface area contributed by atoms with Gasteiger partial charge in [0.2, 0.25) is 5.91 Å². The van der Waals surface area contributed by atoms with Gasteiger partial charge in [0.15, 0.2) is 0 Å². The summed E-state index contributed by atoms with van der Waals surface area (Å²) in [6.07, 6.45) is 1.82. The minimum absolute atomic E-state index is 0.0246. The number of nitrogens with zero attached hydrogens (tertiary/aromatic N) is 2. The third kappa shape index (κ3) is 6.94. The van der Waals surface area contributed by atoms with Crippen LogP contribution in [0.5, 0.6) is 0 Å². The number of benzene rings is 1. The first kappa shape index (κ1) is 23.5. The zero-order chi connectivity index (χ0) is 22.6. The third-order valence-corrected chi connectivity index (χ3v) is 6.36. The largest absolute Gasteiger partial charge is 0.444 e. The van der Waals surface area contributed by atoms with Gasteiger partial charge in [-0.1, -0.05) is 23.7 Å². The molecule has 1 saturated heterocycles. The lowest BCUT2D eigenvalue weighted by Gasteiger charge is -2.33. The fourth-order valence-corrected chi connectivity index (χ4v) is 4.58. The second-order valence-electron chi connectivity index (χ2n) is 8.91. The maximum Gasteiger partial charge on any atom is 0.410 e. The molecule has 1 N–H and O–H groups in total. The molecule has 2 amide bonds. The molecule has 6 nitrogen and oxygen atoms in total. The average molecular weight is 464 g/mol. The van der Waals surface area contributed by atoms with Crippen LogP contribution in [0.3, 0.4) is 0 Å². The minimum Gasteiger partial charge on any atom is -0.444 e. The van der Waals surface area contributed by atoms with E-state index < -0.39 is 5.60 Å². The van der Waals surface area contributed by atoms with Gasteiger partial charge < -0.3 is 15.0 Å². The Labute approximate surface area is 193 Å². The van der Waals surface area contributed by atoms with Crippen molar-refractivity contribution in [2.24, 2.45) is 5.92 Å². The van der Waals surface area contributed by atoms with Crippen LogP contribution in [0.4, 0.5) is 4.79 Å². The molecule has 3 rings (SSSR count). The van der Waals surface area contributed by atoms with E-state index in [1.165, 1.54) is 0 Å². The number of carbonyl (C=O) groups is 2. The first-order chi connectivity index (χ1) is 14.6. The van der Waals surface area contributed by atoms with E-state index in [-0.39, 0.29) is 17.9 Å². The molecule has 2 aromatic rings. The van der Waals surface area contributed by atoms with Crippen LogP contribution < -0.4 is 5.32 Å². The lowest BCUT2D eigenvalue weighted by molar-refractivity contribution is -0.122. The highest BCUT2D eigenvalue weighted by molar-refractivity contribution is 7.12. The minimum atomic E-state index is -0.491. The zero-order valence-electron chi connectivity index (χ0n) is 18.5. The summed E-state index contributed by atoms with van der Waals surface area (Å²) in [5, 5.41) is 4.58. The van der Waals surface area contributed by atoms with Crippen molar-refractivity contribution in [3.05, 3.63) is 39.2 Å². The van der Waals surface area contributed by atoms with Gasteiger partial charge in [0.25, 0.3) is 0 Å². The fraction of sp³-hybridized carbons (Fsp3) is 0.522. The summed E-state index contributed by atoms with van der Waals surface area (Å²) in [5.41, 5.74) is 1.46. The van der Waals surface area contributed by atoms with Crippen LogP contribution in [0.2, 0.25) is 5.02 Å². The summed E-state index contributed by atoms with van der Waals surface area (Å²) in [6.45, 7) is 9.31. The van der Waals surface area contributed by atoms with Crippen LogP contribution in [0.1, 0.15) is 49.9 Å². The average Bonchev–Trinajstić information content (AvgIpc) is 3.07. The highest BCUT2D eigenvalue weighted by Crippen LogP contribution is 2.28. The molecule has 0 unspecified atom stereocenters. The molecule has 0 spiro atoms. The quantitative estimate of drug-likeness (QED) is 0.642. The van der Waals surface area contributed by atoms with E-state index in [9.17, 15) is 9.59 Å². The van der Waals surface area contributed by atoms with E-state index in [1.54, 1.807) is 16.2 Å². The van der Waals surface area contributed by atoms with Crippen molar-refractivity contribution in [1.82, 2.24) is 15.2 Å². The summed E-state index contributed by atoms with van der Waals surface area (Å²) in [4.78, 5) is 32.1. The van der Waals surface area contributed by atoms with Crippen LogP contribution in [0, 0.1) is 12.8 Å². The number of amides is 2. The number of hydrogen-bond donors (Lipinski definition) is 1. The van der Waals surface area contributed by atoms with Crippen LogP contribution in [-0.4, -0.2) is 40.6 Å². The number of rotatable bonds is 5. The summed E-state index contributed by atoms with van der Waals surface area (Å²) < 4.78 is 5.43. The molecule has 168 valence electrons. The molecule has 0 bridgehead atoms. The van der Waals surface area contributed by atoms with Crippen molar-refractivity contribution in [1.29, 1.82) is 0 Å². The smallest absolute Gasteiger partial charge is 0.410 e. The number of thiazole rings is 1. The predicted octanol–water partition coefficient (Wildman–Crippen LogP) is 5.43. The molecule has 0 aliphatic carbocycles. The lowest BCUT2D eigenvalue weighted by atomic mass is 9.93. The van der Waals surface area contributed by atoms with Gasteiger partial charge >= 0.3 is 6.09 Å². The molecular formula is C23H30ClN3O3S. The number of piperidine rings is 1. The number of aryl methyl sites for hydroxylation is 1. The molecule has 1 aromatic carbocycles. The van der Waals surface area contributed by atoms with Crippen LogP contribution in [0.25, 0.3) is 11.3 Å². The number of ether oxygens (including phenoxy) is 1. The van der Waals surface area contributed by atoms with Gasteiger partial charge in [-0.05, 0) is 58.6 Å². The third-order valence-electron chi connectivity index (χ3n) is 5.14. The van der Waals surface area contributed by atoms with Crippen LogP contribution in [-0.2, 0) is 16.1 Å². The predicted molar refractivity (Wildman–Crippen MR) is 124 cm³/mol. The molecule has 2 heterocycles. The molecule has 1 fully saturated rings. The van der Waals surface area contributed by atoms with Crippen molar-refractivity contribution < 1.29 is 14.3 Å². The number of aromatic nitrogens is 1. The Bertz CT molecular complexity index is 913. The van der Waals surface area contributed by atoms with Gasteiger partial charge in [-0.2, -0.15) is 0 Å². The van der Waals surface area contributed by atoms with Gasteiger partial charge in [-0.15, -0.1) is 11.3 Å². The highest BCUT2D eigenvalue weighted by Gasteiger charge is 2.27. The van der Waals surface area contributed by atoms with Crippen LogP contribution in [0.15, 0.2) is 24.3 Å². The topological polar surface area (TPSA) is 71.5 Å². The lowest BCUT2D eigenvalue weighted by Crippen LogP contribution is -2.42. The van der Waals surface area contributed by atoms with E-state index in [4.69, 9.17) is 16.3 Å². The zero-order valence-corrected chi connectivity index (χ0v) is 20.1. The summed E-state index contributed by atoms with van der Waals surface area (Å²) in [7, 11) is 0. The van der Waals surface area contributed by atoms with E-state index in [1.807, 2.05) is 52.0 Å². The molecule has 1 aromatic heterocycles. The van der Waals surface area contributed by atoms with Crippen molar-refractivity contribution >= 4 is 34.9 Å². The standard InChI is InChI=1S/C23H30ClN3O3S/c1-15-21(17-5-7-18(24)8-6-17)26-20(31-15)14-25-19(28)13-16-9-11-27(12-10-16)22(29)30-23(2,3)4/h5-8,16H,9-14H2,1-4H3,(H,25,28). The number of likely N-dealkylation sites (tertiary alicyclic amines) is 1. The van der Waals surface area contributed by atoms with Crippen molar-refractivity contribution in [3.8, 4) is 11.3 Å². The Morgan fingerprint density at radius 2 is 1.87 bits per heavy atom. The van der Waals surface area contributed by atoms with Gasteiger partial charge in [-0.3, -0.25) is 4.79 Å². The molecule has 8 heteroatoms. The monoisotopic (exact) mass is 463 g/mol. The number of nitrogens with one attached hydrogen (secondary N) is 1. The molecular weight excluding hydrogens is 434 g/mol. The number of halogens is 1. The van der Waals surface area contributed by atoms with Crippen LogP contribution >= 0.6 is 22.9 Å².